The summed E-state index contributed by atoms with van der Waals surface area (Å²) >= 11 is 0. The van der Waals surface area contributed by atoms with Crippen molar-refractivity contribution >= 4 is 23.3 Å². The van der Waals surface area contributed by atoms with Gasteiger partial charge in [-0.2, -0.15) is 5.26 Å². The van der Waals surface area contributed by atoms with Gasteiger partial charge >= 0.3 is 5.97 Å². The fraction of sp³-hybridized carbons (Fsp3) is 0.148. The Bertz CT molecular complexity index is 1180. The molecule has 7 heteroatoms. The third-order valence-electron chi connectivity index (χ3n) is 4.71. The number of amides is 1. The number of carbonyl (C=O) groups is 2. The van der Waals surface area contributed by atoms with E-state index in [9.17, 15) is 14.9 Å². The van der Waals surface area contributed by atoms with Crippen LogP contribution in [0, 0.1) is 11.3 Å². The predicted molar refractivity (Wildman–Crippen MR) is 131 cm³/mol. The van der Waals surface area contributed by atoms with Crippen molar-refractivity contribution in [3.63, 3.8) is 0 Å². The Morgan fingerprint density at radius 1 is 0.941 bits per heavy atom. The quantitative estimate of drug-likeness (QED) is 0.171. The number of nitrogens with zero attached hydrogens (tertiary/aromatic N) is 1. The second-order valence-electron chi connectivity index (χ2n) is 7.24. The monoisotopic (exact) mass is 455 g/mol. The lowest BCUT2D eigenvalue weighted by Crippen LogP contribution is -2.17. The summed E-state index contributed by atoms with van der Waals surface area (Å²) in [6.07, 6.45) is 2.97. The van der Waals surface area contributed by atoms with E-state index in [1.165, 1.54) is 6.20 Å². The van der Waals surface area contributed by atoms with Crippen LogP contribution in [-0.4, -0.2) is 18.5 Å². The largest absolute Gasteiger partial charge is 0.462 e. The van der Waals surface area contributed by atoms with Crippen molar-refractivity contribution in [2.45, 2.75) is 19.8 Å². The number of nitrogens with one attached hydrogen (secondary N) is 2. The molecule has 0 radical (unpaired) electrons. The van der Waals surface area contributed by atoms with E-state index in [1.54, 1.807) is 48.5 Å². The Morgan fingerprint density at radius 3 is 2.32 bits per heavy atom. The van der Waals surface area contributed by atoms with Crippen LogP contribution < -0.4 is 15.4 Å². The average Bonchev–Trinajstić information content (AvgIpc) is 2.86. The molecule has 0 aromatic heterocycles. The summed E-state index contributed by atoms with van der Waals surface area (Å²) in [5.74, 6) is 0.207. The van der Waals surface area contributed by atoms with E-state index in [4.69, 9.17) is 9.47 Å². The van der Waals surface area contributed by atoms with E-state index >= 15 is 0 Å². The van der Waals surface area contributed by atoms with Gasteiger partial charge in [0, 0.05) is 11.9 Å². The van der Waals surface area contributed by atoms with Gasteiger partial charge in [0.2, 0.25) is 0 Å². The third-order valence-corrected chi connectivity index (χ3v) is 4.71. The van der Waals surface area contributed by atoms with Crippen molar-refractivity contribution in [3.05, 3.63) is 96.2 Å². The summed E-state index contributed by atoms with van der Waals surface area (Å²) < 4.78 is 11.0. The molecule has 0 atom stereocenters. The van der Waals surface area contributed by atoms with Crippen LogP contribution in [0.2, 0.25) is 0 Å². The Hall–Kier alpha value is -4.57. The van der Waals surface area contributed by atoms with Gasteiger partial charge in [0.15, 0.2) is 0 Å². The summed E-state index contributed by atoms with van der Waals surface area (Å²) in [5.41, 5.74) is 1.02. The van der Waals surface area contributed by atoms with Crippen LogP contribution in [0.25, 0.3) is 0 Å². The molecule has 3 aromatic rings. The van der Waals surface area contributed by atoms with Crippen molar-refractivity contribution in [3.8, 4) is 17.6 Å². The average molecular weight is 456 g/mol. The number of hydrogen-bond acceptors (Lipinski definition) is 6. The molecule has 0 saturated carbocycles. The van der Waals surface area contributed by atoms with Crippen LogP contribution in [-0.2, 0) is 9.53 Å². The standard InChI is InChI=1S/C27H25N3O4/c1-2-3-17-33-27(32)24-11-7-8-12-25(24)30-26(31)20(18-28)19-29-21-13-15-23(16-14-21)34-22-9-5-4-6-10-22/h4-16,19,29H,2-3,17H2,1H3,(H,30,31)/b20-19-. The highest BCUT2D eigenvalue weighted by Crippen LogP contribution is 2.23. The number of ether oxygens (including phenoxy) is 2. The number of hydrogen-bond donors (Lipinski definition) is 2. The highest BCUT2D eigenvalue weighted by Gasteiger charge is 2.16. The van der Waals surface area contributed by atoms with Gasteiger partial charge in [-0.05, 0) is 55.0 Å². The summed E-state index contributed by atoms with van der Waals surface area (Å²) in [7, 11) is 0. The molecule has 0 aliphatic carbocycles. The molecule has 0 aliphatic heterocycles. The number of benzene rings is 3. The van der Waals surface area contributed by atoms with Crippen LogP contribution in [0.3, 0.4) is 0 Å². The highest BCUT2D eigenvalue weighted by molar-refractivity contribution is 6.09. The first-order valence-corrected chi connectivity index (χ1v) is 10.9. The van der Waals surface area contributed by atoms with Crippen molar-refractivity contribution in [1.29, 1.82) is 5.26 Å². The lowest BCUT2D eigenvalue weighted by atomic mass is 10.1. The summed E-state index contributed by atoms with van der Waals surface area (Å²) in [6, 6.07) is 24.9. The van der Waals surface area contributed by atoms with E-state index in [0.29, 0.717) is 18.0 Å². The van der Waals surface area contributed by atoms with E-state index in [2.05, 4.69) is 10.6 Å². The number of anilines is 2. The van der Waals surface area contributed by atoms with Crippen molar-refractivity contribution in [1.82, 2.24) is 0 Å². The predicted octanol–water partition coefficient (Wildman–Crippen LogP) is 5.89. The molecule has 34 heavy (non-hydrogen) atoms. The number of rotatable bonds is 10. The van der Waals surface area contributed by atoms with E-state index < -0.39 is 11.9 Å². The number of para-hydroxylation sites is 2. The Kier molecular flexibility index (Phi) is 8.83. The fourth-order valence-corrected chi connectivity index (χ4v) is 2.89. The highest BCUT2D eigenvalue weighted by atomic mass is 16.5. The van der Waals surface area contributed by atoms with Gasteiger partial charge in [0.1, 0.15) is 23.1 Å². The fourth-order valence-electron chi connectivity index (χ4n) is 2.89. The van der Waals surface area contributed by atoms with Gasteiger partial charge < -0.3 is 20.1 Å². The maximum Gasteiger partial charge on any atom is 0.340 e. The molecule has 0 bridgehead atoms. The number of unbranched alkanes of at least 4 members (excludes halogenated alkanes) is 1. The van der Waals surface area contributed by atoms with Crippen molar-refractivity contribution in [2.75, 3.05) is 17.2 Å². The minimum Gasteiger partial charge on any atom is -0.462 e. The first-order valence-electron chi connectivity index (χ1n) is 10.9. The smallest absolute Gasteiger partial charge is 0.340 e. The first-order chi connectivity index (χ1) is 16.6. The van der Waals surface area contributed by atoms with Crippen molar-refractivity contribution in [2.24, 2.45) is 0 Å². The molecule has 172 valence electrons. The molecule has 0 spiro atoms. The molecular weight excluding hydrogens is 430 g/mol. The van der Waals surface area contributed by atoms with Gasteiger partial charge in [-0.1, -0.05) is 43.7 Å². The van der Waals surface area contributed by atoms with Gasteiger partial charge in [-0.25, -0.2) is 4.79 Å². The summed E-state index contributed by atoms with van der Waals surface area (Å²) in [5, 5.41) is 15.0. The Morgan fingerprint density at radius 2 is 1.62 bits per heavy atom. The van der Waals surface area contributed by atoms with Crippen LogP contribution in [0.4, 0.5) is 11.4 Å². The molecular formula is C27H25N3O4. The molecule has 2 N–H and O–H groups in total. The van der Waals surface area contributed by atoms with Gasteiger partial charge in [-0.15, -0.1) is 0 Å². The molecule has 7 nitrogen and oxygen atoms in total. The number of carbonyl (C=O) groups excluding carboxylic acids is 2. The molecule has 0 fully saturated rings. The Balaban J connectivity index is 1.63. The topological polar surface area (TPSA) is 100 Å². The second kappa shape index (κ2) is 12.5. The van der Waals surface area contributed by atoms with Gasteiger partial charge in [0.25, 0.3) is 5.91 Å². The summed E-state index contributed by atoms with van der Waals surface area (Å²) in [6.45, 7) is 2.30. The summed E-state index contributed by atoms with van der Waals surface area (Å²) in [4.78, 5) is 25.0. The normalized spacial score (nSPS) is 10.6. The molecule has 0 heterocycles. The van der Waals surface area contributed by atoms with Gasteiger partial charge in [-0.3, -0.25) is 4.79 Å². The van der Waals surface area contributed by atoms with E-state index in [-0.39, 0.29) is 16.8 Å². The van der Waals surface area contributed by atoms with E-state index in [0.717, 1.165) is 18.6 Å². The zero-order chi connectivity index (χ0) is 24.2. The van der Waals surface area contributed by atoms with Crippen LogP contribution >= 0.6 is 0 Å². The minimum absolute atomic E-state index is 0.154. The maximum absolute atomic E-state index is 12.6. The number of nitriles is 1. The van der Waals surface area contributed by atoms with Crippen molar-refractivity contribution < 1.29 is 19.1 Å². The third kappa shape index (κ3) is 6.97. The number of esters is 1. The first kappa shape index (κ1) is 24.1. The zero-order valence-corrected chi connectivity index (χ0v) is 18.8. The molecule has 0 aliphatic rings. The molecule has 0 saturated heterocycles. The molecule has 3 aromatic carbocycles. The lowest BCUT2D eigenvalue weighted by molar-refractivity contribution is -0.112. The zero-order valence-electron chi connectivity index (χ0n) is 18.8. The van der Waals surface area contributed by atoms with E-state index in [1.807, 2.05) is 43.3 Å². The molecule has 0 unspecified atom stereocenters. The van der Waals surface area contributed by atoms with Crippen LogP contribution in [0.15, 0.2) is 90.6 Å². The Labute approximate surface area is 198 Å². The maximum atomic E-state index is 12.6. The SMILES string of the molecule is CCCCOC(=O)c1ccccc1NC(=O)/C(C#N)=C\Nc1ccc(Oc2ccccc2)cc1. The molecule has 1 amide bonds. The van der Waals surface area contributed by atoms with Crippen LogP contribution in [0.5, 0.6) is 11.5 Å². The van der Waals surface area contributed by atoms with Crippen LogP contribution in [0.1, 0.15) is 30.1 Å². The van der Waals surface area contributed by atoms with Gasteiger partial charge in [0.05, 0.1) is 17.9 Å². The lowest BCUT2D eigenvalue weighted by Gasteiger charge is -2.11. The second-order valence-corrected chi connectivity index (χ2v) is 7.24. The minimum atomic E-state index is -0.646. The molecule has 3 rings (SSSR count).